The first-order chi connectivity index (χ1) is 10.4. The third-order valence-corrected chi connectivity index (χ3v) is 3.77. The number of hydrogen-bond donors (Lipinski definition) is 2. The third-order valence-electron chi connectivity index (χ3n) is 3.52. The number of benzene rings is 1. The molecule has 1 aromatic carbocycles. The third kappa shape index (κ3) is 5.66. The summed E-state index contributed by atoms with van der Waals surface area (Å²) in [5, 5.41) is 6.49. The standard InChI is InChI=1S/C16H22ClN3O2/c1-11(12-3-5-13(17)6-4-12)18-15(21)9-20(2)10-16(22)19-14-7-8-14/h3-6,11,14H,7-10H2,1-2H3,(H,18,21)(H,19,22)/t11-/m1/s1. The van der Waals surface area contributed by atoms with Gasteiger partial charge in [-0.05, 0) is 44.5 Å². The number of carbonyl (C=O) groups excluding carboxylic acids is 2. The number of nitrogens with zero attached hydrogens (tertiary/aromatic N) is 1. The lowest BCUT2D eigenvalue weighted by atomic mass is 10.1. The van der Waals surface area contributed by atoms with Crippen molar-refractivity contribution in [3.63, 3.8) is 0 Å². The van der Waals surface area contributed by atoms with Gasteiger partial charge in [-0.3, -0.25) is 14.5 Å². The summed E-state index contributed by atoms with van der Waals surface area (Å²) in [4.78, 5) is 25.4. The van der Waals surface area contributed by atoms with Crippen LogP contribution in [0.3, 0.4) is 0 Å². The van der Waals surface area contributed by atoms with Crippen LogP contribution in [-0.4, -0.2) is 42.9 Å². The number of rotatable bonds is 7. The molecule has 1 aliphatic rings. The van der Waals surface area contributed by atoms with Gasteiger partial charge in [0.25, 0.3) is 0 Å². The average Bonchev–Trinajstić information content (AvgIpc) is 3.22. The van der Waals surface area contributed by atoms with E-state index in [4.69, 9.17) is 11.6 Å². The van der Waals surface area contributed by atoms with Crippen molar-refractivity contribution in [3.05, 3.63) is 34.9 Å². The van der Waals surface area contributed by atoms with E-state index in [-0.39, 0.29) is 30.9 Å². The second-order valence-electron chi connectivity index (χ2n) is 5.85. The Morgan fingerprint density at radius 3 is 2.41 bits per heavy atom. The summed E-state index contributed by atoms with van der Waals surface area (Å²) in [5.74, 6) is -0.132. The van der Waals surface area contributed by atoms with E-state index in [2.05, 4.69) is 10.6 Å². The zero-order valence-electron chi connectivity index (χ0n) is 12.9. The fraction of sp³-hybridized carbons (Fsp3) is 0.500. The van der Waals surface area contributed by atoms with Crippen molar-refractivity contribution in [3.8, 4) is 0 Å². The molecule has 0 aliphatic heterocycles. The average molecular weight is 324 g/mol. The van der Waals surface area contributed by atoms with Crippen molar-refractivity contribution in [2.45, 2.75) is 31.8 Å². The monoisotopic (exact) mass is 323 g/mol. The van der Waals surface area contributed by atoms with Gasteiger partial charge in [-0.25, -0.2) is 0 Å². The van der Waals surface area contributed by atoms with E-state index < -0.39 is 0 Å². The quantitative estimate of drug-likeness (QED) is 0.803. The van der Waals surface area contributed by atoms with Crippen molar-refractivity contribution in [2.75, 3.05) is 20.1 Å². The van der Waals surface area contributed by atoms with Gasteiger partial charge >= 0.3 is 0 Å². The molecule has 22 heavy (non-hydrogen) atoms. The molecule has 0 saturated heterocycles. The summed E-state index contributed by atoms with van der Waals surface area (Å²) in [6.45, 7) is 2.34. The van der Waals surface area contributed by atoms with E-state index in [1.54, 1.807) is 24.1 Å². The summed E-state index contributed by atoms with van der Waals surface area (Å²) in [6.07, 6.45) is 2.13. The van der Waals surface area contributed by atoms with Crippen molar-refractivity contribution in [1.82, 2.24) is 15.5 Å². The lowest BCUT2D eigenvalue weighted by Crippen LogP contribution is -2.41. The largest absolute Gasteiger partial charge is 0.352 e. The molecule has 1 aliphatic carbocycles. The molecule has 0 unspecified atom stereocenters. The fourth-order valence-corrected chi connectivity index (χ4v) is 2.30. The molecule has 5 nitrogen and oxygen atoms in total. The number of hydrogen-bond acceptors (Lipinski definition) is 3. The van der Waals surface area contributed by atoms with Crippen LogP contribution >= 0.6 is 11.6 Å². The highest BCUT2D eigenvalue weighted by Crippen LogP contribution is 2.18. The minimum Gasteiger partial charge on any atom is -0.352 e. The van der Waals surface area contributed by atoms with Crippen LogP contribution in [0.1, 0.15) is 31.4 Å². The molecule has 6 heteroatoms. The van der Waals surface area contributed by atoms with E-state index in [1.807, 2.05) is 19.1 Å². The highest BCUT2D eigenvalue weighted by atomic mass is 35.5. The number of nitrogens with one attached hydrogen (secondary N) is 2. The Bertz CT molecular complexity index is 529. The molecule has 1 saturated carbocycles. The second kappa shape index (κ2) is 7.61. The molecule has 1 fully saturated rings. The van der Waals surface area contributed by atoms with Crippen molar-refractivity contribution < 1.29 is 9.59 Å². The van der Waals surface area contributed by atoms with Crippen LogP contribution in [0.4, 0.5) is 0 Å². The minimum atomic E-state index is -0.107. The second-order valence-corrected chi connectivity index (χ2v) is 6.29. The molecule has 2 N–H and O–H groups in total. The van der Waals surface area contributed by atoms with E-state index in [1.165, 1.54) is 0 Å². The molecule has 0 spiro atoms. The highest BCUT2D eigenvalue weighted by Gasteiger charge is 2.23. The van der Waals surface area contributed by atoms with Crippen LogP contribution in [0, 0.1) is 0 Å². The zero-order valence-corrected chi connectivity index (χ0v) is 13.7. The fourth-order valence-electron chi connectivity index (χ4n) is 2.17. The summed E-state index contributed by atoms with van der Waals surface area (Å²) < 4.78 is 0. The molecule has 2 amide bonds. The lowest BCUT2D eigenvalue weighted by molar-refractivity contribution is -0.125. The van der Waals surface area contributed by atoms with Crippen LogP contribution in [-0.2, 0) is 9.59 Å². The van der Waals surface area contributed by atoms with Crippen molar-refractivity contribution in [1.29, 1.82) is 0 Å². The number of amides is 2. The predicted octanol–water partition coefficient (Wildman–Crippen LogP) is 1.73. The smallest absolute Gasteiger partial charge is 0.234 e. The molecular formula is C16H22ClN3O2. The number of likely N-dealkylation sites (N-methyl/N-ethyl adjacent to an activating group) is 1. The van der Waals surface area contributed by atoms with Gasteiger partial charge in [0.15, 0.2) is 0 Å². The lowest BCUT2D eigenvalue weighted by Gasteiger charge is -2.19. The van der Waals surface area contributed by atoms with Crippen LogP contribution in [0.25, 0.3) is 0 Å². The van der Waals surface area contributed by atoms with Crippen LogP contribution in [0.15, 0.2) is 24.3 Å². The maximum atomic E-state index is 12.0. The number of halogens is 1. The number of carbonyl (C=O) groups is 2. The molecule has 1 atom stereocenters. The molecule has 0 radical (unpaired) electrons. The molecule has 1 aromatic rings. The summed E-state index contributed by atoms with van der Waals surface area (Å²) >= 11 is 5.85. The van der Waals surface area contributed by atoms with E-state index in [0.29, 0.717) is 11.1 Å². The van der Waals surface area contributed by atoms with Crippen LogP contribution < -0.4 is 10.6 Å². The first-order valence-electron chi connectivity index (χ1n) is 7.47. The Labute approximate surface area is 136 Å². The summed E-state index contributed by atoms with van der Waals surface area (Å²) in [5.41, 5.74) is 0.992. The van der Waals surface area contributed by atoms with E-state index in [9.17, 15) is 9.59 Å². The molecule has 0 aromatic heterocycles. The van der Waals surface area contributed by atoms with Gasteiger partial charge in [0.1, 0.15) is 0 Å². The topological polar surface area (TPSA) is 61.4 Å². The van der Waals surface area contributed by atoms with Crippen molar-refractivity contribution in [2.24, 2.45) is 0 Å². The van der Waals surface area contributed by atoms with Crippen LogP contribution in [0.5, 0.6) is 0 Å². The van der Waals surface area contributed by atoms with Gasteiger partial charge in [-0.15, -0.1) is 0 Å². The Kier molecular flexibility index (Phi) is 5.80. The van der Waals surface area contributed by atoms with Gasteiger partial charge in [0.2, 0.25) is 11.8 Å². The van der Waals surface area contributed by atoms with E-state index in [0.717, 1.165) is 18.4 Å². The predicted molar refractivity (Wildman–Crippen MR) is 86.7 cm³/mol. The summed E-state index contributed by atoms with van der Waals surface area (Å²) in [7, 11) is 1.76. The molecular weight excluding hydrogens is 302 g/mol. The first-order valence-corrected chi connectivity index (χ1v) is 7.84. The minimum absolute atomic E-state index is 0.0245. The van der Waals surface area contributed by atoms with Gasteiger partial charge < -0.3 is 10.6 Å². The normalized spacial score (nSPS) is 15.5. The molecule has 120 valence electrons. The van der Waals surface area contributed by atoms with Crippen molar-refractivity contribution >= 4 is 23.4 Å². The Balaban J connectivity index is 1.73. The summed E-state index contributed by atoms with van der Waals surface area (Å²) in [6, 6.07) is 7.63. The van der Waals surface area contributed by atoms with Crippen LogP contribution in [0.2, 0.25) is 5.02 Å². The zero-order chi connectivity index (χ0) is 16.1. The highest BCUT2D eigenvalue weighted by molar-refractivity contribution is 6.30. The Hall–Kier alpha value is -1.59. The molecule has 0 heterocycles. The maximum absolute atomic E-state index is 12.0. The SMILES string of the molecule is C[C@@H](NC(=O)CN(C)CC(=O)NC1CC1)c1ccc(Cl)cc1. The van der Waals surface area contributed by atoms with E-state index >= 15 is 0 Å². The molecule has 0 bridgehead atoms. The maximum Gasteiger partial charge on any atom is 0.234 e. The molecule has 2 rings (SSSR count). The van der Waals surface area contributed by atoms with Gasteiger partial charge in [-0.1, -0.05) is 23.7 Å². The Morgan fingerprint density at radius 1 is 1.23 bits per heavy atom. The van der Waals surface area contributed by atoms with Gasteiger partial charge in [0, 0.05) is 11.1 Å². The van der Waals surface area contributed by atoms with Gasteiger partial charge in [0.05, 0.1) is 19.1 Å². The Morgan fingerprint density at radius 2 is 1.82 bits per heavy atom. The first kappa shape index (κ1) is 16.8. The van der Waals surface area contributed by atoms with Gasteiger partial charge in [-0.2, -0.15) is 0 Å².